The molecule has 0 radical (unpaired) electrons. The van der Waals surface area contributed by atoms with Crippen LogP contribution in [-0.2, 0) is 4.79 Å². The summed E-state index contributed by atoms with van der Waals surface area (Å²) >= 11 is 0. The van der Waals surface area contributed by atoms with Gasteiger partial charge in [-0.15, -0.1) is 0 Å². The van der Waals surface area contributed by atoms with Gasteiger partial charge >= 0.3 is 0 Å². The maximum atomic E-state index is 10.7. The number of nitrogens with one attached hydrogen (secondary N) is 1. The molecule has 0 bridgehead atoms. The fourth-order valence-corrected chi connectivity index (χ4v) is 1.49. The standard InChI is InChI=1S/C7H11NO/c9-7-4-3-6(8-7)5-1-2-5/h5-6H,1-4H2,(H,8,9)/t6-/m0/s1. The predicted octanol–water partition coefficient (Wildman–Crippen LogP) is 0.675. The number of carbonyl (C=O) groups is 1. The van der Waals surface area contributed by atoms with Crippen molar-refractivity contribution in [1.82, 2.24) is 5.32 Å². The first-order valence-corrected chi connectivity index (χ1v) is 3.65. The molecule has 1 amide bonds. The molecule has 2 rings (SSSR count). The highest BCUT2D eigenvalue weighted by Crippen LogP contribution is 2.36. The van der Waals surface area contributed by atoms with Crippen molar-refractivity contribution in [2.24, 2.45) is 5.92 Å². The second-order valence-corrected chi connectivity index (χ2v) is 3.05. The summed E-state index contributed by atoms with van der Waals surface area (Å²) in [6, 6.07) is 0.553. The van der Waals surface area contributed by atoms with E-state index in [1.54, 1.807) is 0 Å². The van der Waals surface area contributed by atoms with Crippen molar-refractivity contribution in [3.63, 3.8) is 0 Å². The van der Waals surface area contributed by atoms with Gasteiger partial charge in [0.2, 0.25) is 5.91 Å². The highest BCUT2D eigenvalue weighted by molar-refractivity contribution is 5.78. The minimum atomic E-state index is 0.256. The van der Waals surface area contributed by atoms with E-state index in [1.165, 1.54) is 12.8 Å². The first kappa shape index (κ1) is 5.27. The van der Waals surface area contributed by atoms with Crippen molar-refractivity contribution in [1.29, 1.82) is 0 Å². The van der Waals surface area contributed by atoms with Gasteiger partial charge in [0, 0.05) is 12.5 Å². The largest absolute Gasteiger partial charge is 0.353 e. The van der Waals surface area contributed by atoms with Crippen molar-refractivity contribution in [2.75, 3.05) is 0 Å². The van der Waals surface area contributed by atoms with E-state index in [1.807, 2.05) is 0 Å². The molecule has 1 heterocycles. The number of carbonyl (C=O) groups excluding carboxylic acids is 1. The normalized spacial score (nSPS) is 34.7. The van der Waals surface area contributed by atoms with Crippen LogP contribution in [0.25, 0.3) is 0 Å². The number of amides is 1. The van der Waals surface area contributed by atoms with E-state index >= 15 is 0 Å². The fourth-order valence-electron chi connectivity index (χ4n) is 1.49. The molecule has 0 spiro atoms. The molecule has 2 nitrogen and oxygen atoms in total. The summed E-state index contributed by atoms with van der Waals surface area (Å²) in [5, 5.41) is 2.98. The van der Waals surface area contributed by atoms with Gasteiger partial charge in [0.25, 0.3) is 0 Å². The molecule has 0 unspecified atom stereocenters. The molecule has 1 N–H and O–H groups in total. The van der Waals surface area contributed by atoms with Crippen molar-refractivity contribution in [3.05, 3.63) is 0 Å². The van der Waals surface area contributed by atoms with Gasteiger partial charge in [0.05, 0.1) is 0 Å². The zero-order valence-electron chi connectivity index (χ0n) is 5.39. The van der Waals surface area contributed by atoms with Gasteiger partial charge in [-0.05, 0) is 25.2 Å². The maximum Gasteiger partial charge on any atom is 0.220 e. The van der Waals surface area contributed by atoms with Crippen molar-refractivity contribution in [2.45, 2.75) is 31.7 Å². The molecule has 9 heavy (non-hydrogen) atoms. The second-order valence-electron chi connectivity index (χ2n) is 3.05. The van der Waals surface area contributed by atoms with Crippen LogP contribution in [0.3, 0.4) is 0 Å². The molecular formula is C7H11NO. The second kappa shape index (κ2) is 1.72. The Labute approximate surface area is 54.6 Å². The van der Waals surface area contributed by atoms with E-state index in [9.17, 15) is 4.79 Å². The summed E-state index contributed by atoms with van der Waals surface area (Å²) in [5.74, 6) is 1.10. The van der Waals surface area contributed by atoms with Crippen molar-refractivity contribution < 1.29 is 4.79 Å². The topological polar surface area (TPSA) is 29.1 Å². The SMILES string of the molecule is O=C1CC[C@@H](C2CC2)N1. The molecule has 0 aromatic heterocycles. The Morgan fingerprint density at radius 3 is 2.56 bits per heavy atom. The Morgan fingerprint density at radius 1 is 1.33 bits per heavy atom. The highest BCUT2D eigenvalue weighted by Gasteiger charge is 2.35. The van der Waals surface area contributed by atoms with E-state index < -0.39 is 0 Å². The Balaban J connectivity index is 1.92. The Hall–Kier alpha value is -0.530. The van der Waals surface area contributed by atoms with Crippen LogP contribution < -0.4 is 5.32 Å². The molecule has 2 heteroatoms. The lowest BCUT2D eigenvalue weighted by Gasteiger charge is -2.04. The van der Waals surface area contributed by atoms with Crippen LogP contribution >= 0.6 is 0 Å². The number of rotatable bonds is 1. The first-order chi connectivity index (χ1) is 4.36. The van der Waals surface area contributed by atoms with Crippen LogP contribution in [0.1, 0.15) is 25.7 Å². The Morgan fingerprint density at radius 2 is 2.11 bits per heavy atom. The third-order valence-corrected chi connectivity index (χ3v) is 2.22. The zero-order chi connectivity index (χ0) is 6.27. The van der Waals surface area contributed by atoms with Gasteiger partial charge in [-0.2, -0.15) is 0 Å². The van der Waals surface area contributed by atoms with Crippen LogP contribution in [-0.4, -0.2) is 11.9 Å². The molecule has 1 aliphatic heterocycles. The molecule has 50 valence electrons. The van der Waals surface area contributed by atoms with Gasteiger partial charge in [-0.25, -0.2) is 0 Å². The third kappa shape index (κ3) is 0.934. The van der Waals surface area contributed by atoms with E-state index in [0.717, 1.165) is 18.8 Å². The first-order valence-electron chi connectivity index (χ1n) is 3.65. The average molecular weight is 125 g/mol. The predicted molar refractivity (Wildman–Crippen MR) is 33.9 cm³/mol. The molecule has 0 aromatic rings. The molecule has 1 aliphatic carbocycles. The van der Waals surface area contributed by atoms with Crippen molar-refractivity contribution in [3.8, 4) is 0 Å². The molecule has 0 aromatic carbocycles. The highest BCUT2D eigenvalue weighted by atomic mass is 16.1. The monoisotopic (exact) mass is 125 g/mol. The minimum absolute atomic E-state index is 0.256. The van der Waals surface area contributed by atoms with Crippen LogP contribution in [0.5, 0.6) is 0 Å². The lowest BCUT2D eigenvalue weighted by molar-refractivity contribution is -0.119. The van der Waals surface area contributed by atoms with Crippen LogP contribution in [0.2, 0.25) is 0 Å². The molecule has 1 atom stereocenters. The van der Waals surface area contributed by atoms with Crippen LogP contribution in [0.15, 0.2) is 0 Å². The van der Waals surface area contributed by atoms with Crippen LogP contribution in [0, 0.1) is 5.92 Å². The molecule has 2 fully saturated rings. The fraction of sp³-hybridized carbons (Fsp3) is 0.857. The Bertz CT molecular complexity index is 140. The van der Waals surface area contributed by atoms with E-state index in [0.29, 0.717) is 6.04 Å². The maximum absolute atomic E-state index is 10.7. The molecule has 1 saturated heterocycles. The smallest absolute Gasteiger partial charge is 0.220 e. The molecule has 2 aliphatic rings. The zero-order valence-corrected chi connectivity index (χ0v) is 5.39. The Kier molecular flexibility index (Phi) is 1.01. The summed E-state index contributed by atoms with van der Waals surface area (Å²) in [6.45, 7) is 0. The summed E-state index contributed by atoms with van der Waals surface area (Å²) < 4.78 is 0. The van der Waals surface area contributed by atoms with Crippen molar-refractivity contribution >= 4 is 5.91 Å². The van der Waals surface area contributed by atoms with Gasteiger partial charge in [0.15, 0.2) is 0 Å². The lowest BCUT2D eigenvalue weighted by atomic mass is 10.1. The minimum Gasteiger partial charge on any atom is -0.353 e. The summed E-state index contributed by atoms with van der Waals surface area (Å²) in [5.41, 5.74) is 0. The van der Waals surface area contributed by atoms with Gasteiger partial charge in [0.1, 0.15) is 0 Å². The van der Waals surface area contributed by atoms with Crippen LogP contribution in [0.4, 0.5) is 0 Å². The number of hydrogen-bond acceptors (Lipinski definition) is 1. The number of hydrogen-bond donors (Lipinski definition) is 1. The summed E-state index contributed by atoms with van der Waals surface area (Å²) in [4.78, 5) is 10.7. The lowest BCUT2D eigenvalue weighted by Crippen LogP contribution is -2.26. The van der Waals surface area contributed by atoms with Gasteiger partial charge in [-0.3, -0.25) is 4.79 Å². The van der Waals surface area contributed by atoms with E-state index in [-0.39, 0.29) is 5.91 Å². The summed E-state index contributed by atoms with van der Waals surface area (Å²) in [7, 11) is 0. The average Bonchev–Trinajstić information content (AvgIpc) is 2.58. The van der Waals surface area contributed by atoms with Gasteiger partial charge in [-0.1, -0.05) is 0 Å². The quantitative estimate of drug-likeness (QED) is 0.548. The summed E-state index contributed by atoms with van der Waals surface area (Å²) in [6.07, 6.45) is 4.53. The van der Waals surface area contributed by atoms with Gasteiger partial charge < -0.3 is 5.32 Å². The third-order valence-electron chi connectivity index (χ3n) is 2.22. The molecule has 1 saturated carbocycles. The molecular weight excluding hydrogens is 114 g/mol. The van der Waals surface area contributed by atoms with E-state index in [4.69, 9.17) is 0 Å². The van der Waals surface area contributed by atoms with E-state index in [2.05, 4.69) is 5.32 Å².